The maximum atomic E-state index is 9.17. The van der Waals surface area contributed by atoms with Gasteiger partial charge in [0.15, 0.2) is 4.63 Å². The maximum absolute atomic E-state index is 9.17. The van der Waals surface area contributed by atoms with Crippen molar-refractivity contribution in [2.45, 2.75) is 31.3 Å². The molecule has 0 fully saturated rings. The average molecular weight is 196 g/mol. The molecule has 0 heterocycles. The van der Waals surface area contributed by atoms with Crippen molar-refractivity contribution in [3.8, 4) is 0 Å². The molecule has 0 radical (unpaired) electrons. The van der Waals surface area contributed by atoms with Crippen molar-refractivity contribution < 1.29 is 5.11 Å². The lowest BCUT2D eigenvalue weighted by Gasteiger charge is -2.24. The molecule has 1 unspecified atom stereocenters. The van der Waals surface area contributed by atoms with E-state index in [0.29, 0.717) is 0 Å². The van der Waals surface area contributed by atoms with Crippen molar-refractivity contribution >= 4 is 15.9 Å². The van der Waals surface area contributed by atoms with Crippen molar-refractivity contribution in [2.24, 2.45) is 11.7 Å². The molecule has 0 aliphatic rings. The summed E-state index contributed by atoms with van der Waals surface area (Å²) in [6, 6.07) is 0. The molecule has 0 aliphatic heterocycles. The summed E-state index contributed by atoms with van der Waals surface area (Å²) in [5.41, 5.74) is 5.37. The molecule has 3 N–H and O–H groups in total. The lowest BCUT2D eigenvalue weighted by atomic mass is 10.0. The average Bonchev–Trinajstić information content (AvgIpc) is 1.65. The van der Waals surface area contributed by atoms with Gasteiger partial charge in [-0.2, -0.15) is 0 Å². The number of nitrogens with two attached hydrogens (primary N) is 1. The van der Waals surface area contributed by atoms with Gasteiger partial charge in [0.25, 0.3) is 0 Å². The van der Waals surface area contributed by atoms with Gasteiger partial charge in [-0.05, 0) is 28.8 Å². The van der Waals surface area contributed by atoms with Gasteiger partial charge in [0, 0.05) is 5.92 Å². The lowest BCUT2D eigenvalue weighted by Crippen LogP contribution is -2.40. The number of aliphatic hydroxyl groups is 1. The lowest BCUT2D eigenvalue weighted by molar-refractivity contribution is 0.0808. The zero-order chi connectivity index (χ0) is 7.49. The predicted octanol–water partition coefficient (Wildman–Crippen LogP) is 1.42. The number of hydrogen-bond donors (Lipinski definition) is 2. The fourth-order valence-corrected chi connectivity index (χ4v) is 1.51. The maximum Gasteiger partial charge on any atom is 0.173 e. The van der Waals surface area contributed by atoms with Crippen LogP contribution in [-0.2, 0) is 0 Å². The first-order valence-corrected chi connectivity index (χ1v) is 4.01. The van der Waals surface area contributed by atoms with Crippen LogP contribution in [0.15, 0.2) is 0 Å². The molecule has 0 rings (SSSR count). The Bertz CT molecular complexity index is 75.6. The Balaban J connectivity index is 3.79. The zero-order valence-corrected chi connectivity index (χ0v) is 7.48. The fourth-order valence-electron chi connectivity index (χ4n) is 0.861. The van der Waals surface area contributed by atoms with Crippen molar-refractivity contribution in [1.82, 2.24) is 0 Å². The minimum atomic E-state index is -1.17. The van der Waals surface area contributed by atoms with Crippen LogP contribution in [0.2, 0.25) is 0 Å². The van der Waals surface area contributed by atoms with Crippen LogP contribution in [0.5, 0.6) is 0 Å². The molecule has 0 spiro atoms. The Hall–Kier alpha value is 0.400. The topological polar surface area (TPSA) is 46.2 Å². The van der Waals surface area contributed by atoms with Crippen LogP contribution >= 0.6 is 15.9 Å². The number of halogens is 1. The Morgan fingerprint density at radius 1 is 1.56 bits per heavy atom. The normalized spacial score (nSPS) is 18.0. The quantitative estimate of drug-likeness (QED) is 0.407. The van der Waals surface area contributed by atoms with E-state index >= 15 is 0 Å². The molecule has 1 atom stereocenters. The number of alkyl halides is 1. The first-order chi connectivity index (χ1) is 4.02. The van der Waals surface area contributed by atoms with E-state index in [9.17, 15) is 5.11 Å². The van der Waals surface area contributed by atoms with Gasteiger partial charge in [0.1, 0.15) is 0 Å². The van der Waals surface area contributed by atoms with Crippen LogP contribution in [0, 0.1) is 5.92 Å². The van der Waals surface area contributed by atoms with E-state index in [1.807, 2.05) is 13.8 Å². The van der Waals surface area contributed by atoms with Gasteiger partial charge < -0.3 is 5.11 Å². The van der Waals surface area contributed by atoms with E-state index in [4.69, 9.17) is 5.73 Å². The molecule has 9 heavy (non-hydrogen) atoms. The summed E-state index contributed by atoms with van der Waals surface area (Å²) in [5, 5.41) is 9.17. The summed E-state index contributed by atoms with van der Waals surface area (Å²) in [6.45, 7) is 4.01. The van der Waals surface area contributed by atoms with E-state index in [1.165, 1.54) is 0 Å². The molecule has 0 aromatic carbocycles. The zero-order valence-electron chi connectivity index (χ0n) is 5.89. The summed E-state index contributed by atoms with van der Waals surface area (Å²) in [4.78, 5) is 0. The van der Waals surface area contributed by atoms with Crippen molar-refractivity contribution in [1.29, 1.82) is 0 Å². The molecule has 0 amide bonds. The molecule has 0 saturated heterocycles. The number of hydrogen-bond acceptors (Lipinski definition) is 2. The molecule has 0 saturated carbocycles. The molecular weight excluding hydrogens is 182 g/mol. The Morgan fingerprint density at radius 3 is 1.89 bits per heavy atom. The van der Waals surface area contributed by atoms with Crippen molar-refractivity contribution in [2.75, 3.05) is 0 Å². The molecule has 0 aromatic rings. The second-order valence-electron chi connectivity index (χ2n) is 2.24. The summed E-state index contributed by atoms with van der Waals surface area (Å²) in [5.74, 6) is 0.150. The highest BCUT2D eigenvalue weighted by molar-refractivity contribution is 9.10. The first-order valence-electron chi connectivity index (χ1n) is 3.22. The smallest absolute Gasteiger partial charge is 0.173 e. The van der Waals surface area contributed by atoms with E-state index in [-0.39, 0.29) is 5.92 Å². The van der Waals surface area contributed by atoms with Crippen LogP contribution in [0.4, 0.5) is 0 Å². The molecule has 0 aromatic heterocycles. The number of rotatable bonds is 3. The van der Waals surface area contributed by atoms with E-state index < -0.39 is 4.63 Å². The van der Waals surface area contributed by atoms with E-state index in [1.54, 1.807) is 0 Å². The van der Waals surface area contributed by atoms with Crippen molar-refractivity contribution in [3.05, 3.63) is 0 Å². The predicted molar refractivity (Wildman–Crippen MR) is 42.1 cm³/mol. The SMILES string of the molecule is CCC(CC)C(N)(O)Br. The second kappa shape index (κ2) is 3.54. The Labute approximate surface area is 64.6 Å². The third-order valence-electron chi connectivity index (χ3n) is 1.56. The minimum absolute atomic E-state index is 0.150. The van der Waals surface area contributed by atoms with Gasteiger partial charge in [-0.15, -0.1) is 0 Å². The fraction of sp³-hybridized carbons (Fsp3) is 1.00. The standard InChI is InChI=1S/C6H14BrNO/c1-3-5(4-2)6(7,8)9/h5,9H,3-4,8H2,1-2H3. The molecule has 0 bridgehead atoms. The second-order valence-corrected chi connectivity index (χ2v) is 3.51. The third kappa shape index (κ3) is 3.18. The van der Waals surface area contributed by atoms with Crippen LogP contribution < -0.4 is 5.73 Å². The summed E-state index contributed by atoms with van der Waals surface area (Å²) in [7, 11) is 0. The highest BCUT2D eigenvalue weighted by Crippen LogP contribution is 2.24. The summed E-state index contributed by atoms with van der Waals surface area (Å²) < 4.78 is -1.17. The van der Waals surface area contributed by atoms with Gasteiger partial charge in [-0.1, -0.05) is 13.8 Å². The minimum Gasteiger partial charge on any atom is -0.366 e. The van der Waals surface area contributed by atoms with Gasteiger partial charge in [-0.25, -0.2) is 0 Å². The van der Waals surface area contributed by atoms with Gasteiger partial charge in [0.2, 0.25) is 0 Å². The summed E-state index contributed by atoms with van der Waals surface area (Å²) >= 11 is 3.00. The highest BCUT2D eigenvalue weighted by Gasteiger charge is 2.25. The Morgan fingerprint density at radius 2 is 1.89 bits per heavy atom. The van der Waals surface area contributed by atoms with Crippen LogP contribution in [0.3, 0.4) is 0 Å². The molecular formula is C6H14BrNO. The van der Waals surface area contributed by atoms with Crippen LogP contribution in [0.25, 0.3) is 0 Å². The van der Waals surface area contributed by atoms with Gasteiger partial charge >= 0.3 is 0 Å². The van der Waals surface area contributed by atoms with E-state index in [0.717, 1.165) is 12.8 Å². The Kier molecular flexibility index (Phi) is 3.70. The van der Waals surface area contributed by atoms with Crippen molar-refractivity contribution in [3.63, 3.8) is 0 Å². The largest absolute Gasteiger partial charge is 0.366 e. The molecule has 2 nitrogen and oxygen atoms in total. The van der Waals surface area contributed by atoms with Crippen LogP contribution in [0.1, 0.15) is 26.7 Å². The molecule has 3 heteroatoms. The van der Waals surface area contributed by atoms with E-state index in [2.05, 4.69) is 15.9 Å². The summed E-state index contributed by atoms with van der Waals surface area (Å²) in [6.07, 6.45) is 1.80. The van der Waals surface area contributed by atoms with Gasteiger partial charge in [0.05, 0.1) is 0 Å². The third-order valence-corrected chi connectivity index (χ3v) is 2.21. The van der Waals surface area contributed by atoms with Crippen LogP contribution in [-0.4, -0.2) is 9.74 Å². The molecule has 0 aliphatic carbocycles. The highest BCUT2D eigenvalue weighted by atomic mass is 79.9. The van der Waals surface area contributed by atoms with Gasteiger partial charge in [-0.3, -0.25) is 5.73 Å². The monoisotopic (exact) mass is 195 g/mol. The first kappa shape index (κ1) is 9.40. The molecule has 56 valence electrons.